The number of hydrogen-bond donors (Lipinski definition) is 1. The highest BCUT2D eigenvalue weighted by atomic mass is 79.9. The van der Waals surface area contributed by atoms with Gasteiger partial charge >= 0.3 is 11.9 Å². The van der Waals surface area contributed by atoms with E-state index in [0.29, 0.717) is 33.7 Å². The highest BCUT2D eigenvalue weighted by Gasteiger charge is 2.33. The van der Waals surface area contributed by atoms with Crippen molar-refractivity contribution < 1.29 is 37.1 Å². The maximum atomic E-state index is 12.9. The van der Waals surface area contributed by atoms with Crippen molar-refractivity contribution >= 4 is 33.7 Å². The maximum absolute atomic E-state index is 12.9. The van der Waals surface area contributed by atoms with Crippen LogP contribution in [0, 0.1) is 10.1 Å². The van der Waals surface area contributed by atoms with Crippen LogP contribution in [0.2, 0.25) is 0 Å². The average Bonchev–Trinajstić information content (AvgIpc) is 2.84. The summed E-state index contributed by atoms with van der Waals surface area (Å²) in [6, 6.07) is 11.1. The molecule has 1 amide bonds. The topological polar surface area (TPSA) is 112 Å². The minimum Gasteiger partial charge on any atom is -0.493 e. The van der Waals surface area contributed by atoms with Crippen LogP contribution in [-0.2, 0) is 6.18 Å². The first-order valence-corrected chi connectivity index (χ1v) is 10.7. The molecule has 0 bridgehead atoms. The van der Waals surface area contributed by atoms with E-state index in [-0.39, 0.29) is 17.1 Å². The lowest BCUT2D eigenvalue weighted by Crippen LogP contribution is -2.17. The Morgan fingerprint density at radius 2 is 1.67 bits per heavy atom. The van der Waals surface area contributed by atoms with Gasteiger partial charge in [-0.25, -0.2) is 5.43 Å². The predicted molar refractivity (Wildman–Crippen MR) is 127 cm³/mol. The van der Waals surface area contributed by atoms with Crippen LogP contribution in [0.3, 0.4) is 0 Å². The number of hydrazone groups is 1. The van der Waals surface area contributed by atoms with Crippen LogP contribution < -0.4 is 19.6 Å². The first-order valence-electron chi connectivity index (χ1n) is 9.92. The number of nitro benzene ring substituents is 1. The first kappa shape index (κ1) is 26.5. The summed E-state index contributed by atoms with van der Waals surface area (Å²) in [7, 11) is 2.92. The number of methoxy groups -OCH3 is 2. The number of alkyl halides is 3. The van der Waals surface area contributed by atoms with E-state index in [2.05, 4.69) is 26.5 Å². The number of rotatable bonds is 8. The molecule has 0 aromatic heterocycles. The largest absolute Gasteiger partial charge is 0.493 e. The zero-order valence-corrected chi connectivity index (χ0v) is 20.2. The summed E-state index contributed by atoms with van der Waals surface area (Å²) in [4.78, 5) is 22.6. The summed E-state index contributed by atoms with van der Waals surface area (Å²) in [5.41, 5.74) is 1.17. The molecule has 13 heteroatoms. The van der Waals surface area contributed by atoms with Crippen LogP contribution in [0.4, 0.5) is 18.9 Å². The van der Waals surface area contributed by atoms with Gasteiger partial charge in [0.1, 0.15) is 5.75 Å². The maximum Gasteiger partial charge on any atom is 0.416 e. The number of ether oxygens (including phenoxy) is 3. The lowest BCUT2D eigenvalue weighted by Gasteiger charge is -2.11. The van der Waals surface area contributed by atoms with E-state index in [1.807, 2.05) is 0 Å². The van der Waals surface area contributed by atoms with E-state index in [1.54, 1.807) is 6.07 Å². The summed E-state index contributed by atoms with van der Waals surface area (Å²) in [6.07, 6.45) is -3.40. The normalized spacial score (nSPS) is 11.3. The van der Waals surface area contributed by atoms with Gasteiger partial charge in [0.25, 0.3) is 5.91 Å². The van der Waals surface area contributed by atoms with Gasteiger partial charge in [0.2, 0.25) is 5.75 Å². The van der Waals surface area contributed by atoms with Gasteiger partial charge in [0.05, 0.1) is 35.4 Å². The highest BCUT2D eigenvalue weighted by molar-refractivity contribution is 9.10. The van der Waals surface area contributed by atoms with Crippen LogP contribution >= 0.6 is 15.9 Å². The fourth-order valence-electron chi connectivity index (χ4n) is 2.93. The molecular weight excluding hydrogens is 551 g/mol. The zero-order valence-electron chi connectivity index (χ0n) is 18.6. The molecule has 0 aliphatic rings. The van der Waals surface area contributed by atoms with Gasteiger partial charge in [0, 0.05) is 11.6 Å². The molecular formula is C23H17BrF3N3O6. The van der Waals surface area contributed by atoms with E-state index >= 15 is 0 Å². The number of halogens is 4. The number of nitrogens with zero attached hydrogens (tertiary/aromatic N) is 2. The minimum atomic E-state index is -4.74. The number of nitrogens with one attached hydrogen (secondary N) is 1. The van der Waals surface area contributed by atoms with Crippen molar-refractivity contribution in [1.82, 2.24) is 5.43 Å². The zero-order chi connectivity index (χ0) is 26.5. The van der Waals surface area contributed by atoms with Crippen LogP contribution in [0.15, 0.2) is 64.2 Å². The molecule has 0 aliphatic carbocycles. The van der Waals surface area contributed by atoms with Crippen molar-refractivity contribution in [2.24, 2.45) is 5.10 Å². The number of hydrogen-bond acceptors (Lipinski definition) is 7. The van der Waals surface area contributed by atoms with Gasteiger partial charge in [-0.15, -0.1) is 0 Å². The second kappa shape index (κ2) is 11.1. The summed E-state index contributed by atoms with van der Waals surface area (Å²) < 4.78 is 54.8. The van der Waals surface area contributed by atoms with Gasteiger partial charge < -0.3 is 14.2 Å². The molecule has 0 atom stereocenters. The lowest BCUT2D eigenvalue weighted by molar-refractivity contribution is -0.385. The quantitative estimate of drug-likeness (QED) is 0.204. The molecule has 36 heavy (non-hydrogen) atoms. The van der Waals surface area contributed by atoms with Crippen molar-refractivity contribution in [2.75, 3.05) is 14.2 Å². The predicted octanol–water partition coefficient (Wildman–Crippen LogP) is 5.95. The number of nitro groups is 1. The van der Waals surface area contributed by atoms with Crippen molar-refractivity contribution in [3.05, 3.63) is 85.9 Å². The van der Waals surface area contributed by atoms with E-state index in [0.717, 1.165) is 6.07 Å². The van der Waals surface area contributed by atoms with Crippen molar-refractivity contribution in [3.8, 4) is 23.0 Å². The summed E-state index contributed by atoms with van der Waals surface area (Å²) in [5.74, 6) is 0.0933. The minimum absolute atomic E-state index is 0.115. The molecule has 0 saturated heterocycles. The summed E-state index contributed by atoms with van der Waals surface area (Å²) in [6.45, 7) is 0. The molecule has 0 unspecified atom stereocenters. The Balaban J connectivity index is 1.72. The van der Waals surface area contributed by atoms with E-state index < -0.39 is 28.3 Å². The van der Waals surface area contributed by atoms with Crippen molar-refractivity contribution in [2.45, 2.75) is 6.18 Å². The van der Waals surface area contributed by atoms with Crippen LogP contribution in [0.25, 0.3) is 0 Å². The molecule has 3 aromatic carbocycles. The molecule has 9 nitrogen and oxygen atoms in total. The van der Waals surface area contributed by atoms with Gasteiger partial charge in [-0.1, -0.05) is 0 Å². The number of amides is 1. The molecule has 0 aliphatic heterocycles. The Morgan fingerprint density at radius 1 is 1.00 bits per heavy atom. The SMILES string of the molecule is COc1ccc(C(=O)N/N=C/c2ccc(Oc3ccc(C(F)(F)F)cc3[N+](=O)[O-])c(Br)c2)cc1OC. The average molecular weight is 568 g/mol. The van der Waals surface area contributed by atoms with Gasteiger partial charge in [-0.05, 0) is 70.0 Å². The Labute approximate surface area is 210 Å². The van der Waals surface area contributed by atoms with Gasteiger partial charge in [0.15, 0.2) is 11.5 Å². The van der Waals surface area contributed by atoms with Crippen LogP contribution in [-0.4, -0.2) is 31.3 Å². The monoisotopic (exact) mass is 567 g/mol. The summed E-state index contributed by atoms with van der Waals surface area (Å²) in [5, 5.41) is 15.1. The standard InChI is InChI=1S/C23H17BrF3N3O6/c1-34-20-7-4-14(10-21(20)35-2)22(31)29-28-12-13-3-6-18(16(24)9-13)36-19-8-5-15(23(25,26)27)11-17(19)30(32)33/h3-12H,1-2H3,(H,29,31)/b28-12+. The number of carbonyl (C=O) groups excluding carboxylic acids is 1. The fourth-order valence-corrected chi connectivity index (χ4v) is 3.41. The second-order valence-corrected chi connectivity index (χ2v) is 7.85. The molecule has 0 radical (unpaired) electrons. The smallest absolute Gasteiger partial charge is 0.416 e. The van der Waals surface area contributed by atoms with E-state index in [9.17, 15) is 28.1 Å². The van der Waals surface area contributed by atoms with E-state index in [4.69, 9.17) is 14.2 Å². The van der Waals surface area contributed by atoms with E-state index in [1.165, 1.54) is 50.8 Å². The van der Waals surface area contributed by atoms with Gasteiger partial charge in [-0.3, -0.25) is 14.9 Å². The third-order valence-electron chi connectivity index (χ3n) is 4.68. The van der Waals surface area contributed by atoms with Crippen LogP contribution in [0.1, 0.15) is 21.5 Å². The molecule has 188 valence electrons. The summed E-state index contributed by atoms with van der Waals surface area (Å²) >= 11 is 3.25. The molecule has 0 heterocycles. The Morgan fingerprint density at radius 3 is 2.28 bits per heavy atom. The number of carbonyl (C=O) groups is 1. The highest BCUT2D eigenvalue weighted by Crippen LogP contribution is 2.39. The molecule has 0 spiro atoms. The van der Waals surface area contributed by atoms with Crippen molar-refractivity contribution in [1.29, 1.82) is 0 Å². The fraction of sp³-hybridized carbons (Fsp3) is 0.130. The molecule has 3 aromatic rings. The third kappa shape index (κ3) is 6.30. The molecule has 0 saturated carbocycles. The molecule has 0 fully saturated rings. The Bertz CT molecular complexity index is 1330. The molecule has 1 N–H and O–H groups in total. The third-order valence-corrected chi connectivity index (χ3v) is 5.30. The Kier molecular flexibility index (Phi) is 8.14. The van der Waals surface area contributed by atoms with Gasteiger partial charge in [-0.2, -0.15) is 18.3 Å². The van der Waals surface area contributed by atoms with Crippen LogP contribution in [0.5, 0.6) is 23.0 Å². The second-order valence-electron chi connectivity index (χ2n) is 7.00. The van der Waals surface area contributed by atoms with Crippen molar-refractivity contribution in [3.63, 3.8) is 0 Å². The number of benzene rings is 3. The lowest BCUT2D eigenvalue weighted by atomic mass is 10.2. The Hall–Kier alpha value is -4.13. The first-order chi connectivity index (χ1) is 17.0. The molecule has 3 rings (SSSR count).